The van der Waals surface area contributed by atoms with E-state index in [2.05, 4.69) is 15.1 Å². The normalized spacial score (nSPS) is 11.3. The van der Waals surface area contributed by atoms with E-state index in [1.54, 1.807) is 42.9 Å². The molecule has 3 heterocycles. The lowest BCUT2D eigenvalue weighted by atomic mass is 10.1. The van der Waals surface area contributed by atoms with Gasteiger partial charge in [-0.2, -0.15) is 9.78 Å². The molecule has 2 aliphatic rings. The second-order valence-corrected chi connectivity index (χ2v) is 5.10. The third-order valence-electron chi connectivity index (χ3n) is 3.39. The largest absolute Gasteiger partial charge is 0.360 e. The standard InChI is InChI=1S/C15H9ClN4O/c16-9-1-2-13-11(7-9)14-12(8-18-13)15(21)20(19-14)10-3-5-17-6-4-10/h1-8,18H. The van der Waals surface area contributed by atoms with Crippen LogP contribution in [0.3, 0.4) is 0 Å². The van der Waals surface area contributed by atoms with Gasteiger partial charge in [-0.05, 0) is 30.3 Å². The fourth-order valence-corrected chi connectivity index (χ4v) is 2.56. The van der Waals surface area contributed by atoms with Crippen LogP contribution in [0.4, 0.5) is 0 Å². The van der Waals surface area contributed by atoms with Gasteiger partial charge in [0.1, 0.15) is 5.69 Å². The second-order valence-electron chi connectivity index (χ2n) is 4.66. The van der Waals surface area contributed by atoms with Crippen molar-refractivity contribution in [1.29, 1.82) is 0 Å². The van der Waals surface area contributed by atoms with Crippen LogP contribution in [-0.2, 0) is 0 Å². The lowest BCUT2D eigenvalue weighted by Crippen LogP contribution is -2.14. The molecule has 0 unspecified atom stereocenters. The number of benzene rings is 1. The number of hydrogen-bond acceptors (Lipinski definition) is 3. The molecule has 21 heavy (non-hydrogen) atoms. The van der Waals surface area contributed by atoms with Gasteiger partial charge in [-0.15, -0.1) is 0 Å². The number of aromatic amines is 1. The fourth-order valence-electron chi connectivity index (χ4n) is 2.39. The Hall–Kier alpha value is -2.66. The lowest BCUT2D eigenvalue weighted by molar-refractivity contribution is 0.856. The molecule has 2 aromatic rings. The second kappa shape index (κ2) is 4.43. The van der Waals surface area contributed by atoms with Gasteiger partial charge in [0, 0.05) is 34.5 Å². The van der Waals surface area contributed by atoms with Gasteiger partial charge < -0.3 is 4.98 Å². The highest BCUT2D eigenvalue weighted by Gasteiger charge is 2.18. The molecule has 2 aliphatic heterocycles. The van der Waals surface area contributed by atoms with Crippen LogP contribution in [0.15, 0.2) is 53.7 Å². The van der Waals surface area contributed by atoms with Gasteiger partial charge in [-0.25, -0.2) is 0 Å². The summed E-state index contributed by atoms with van der Waals surface area (Å²) in [5, 5.41) is 5.88. The molecule has 6 heteroatoms. The molecule has 0 bridgehead atoms. The Bertz CT molecular complexity index is 974. The third kappa shape index (κ3) is 1.82. The van der Waals surface area contributed by atoms with Crippen molar-refractivity contribution in [3.8, 4) is 16.9 Å². The summed E-state index contributed by atoms with van der Waals surface area (Å²) < 4.78 is 1.38. The van der Waals surface area contributed by atoms with Crippen molar-refractivity contribution in [2.45, 2.75) is 0 Å². The molecule has 4 rings (SSSR count). The highest BCUT2D eigenvalue weighted by Crippen LogP contribution is 2.28. The summed E-state index contributed by atoms with van der Waals surface area (Å²) in [6, 6.07) is 8.95. The molecule has 0 fully saturated rings. The van der Waals surface area contributed by atoms with Gasteiger partial charge in [0.2, 0.25) is 0 Å². The minimum Gasteiger partial charge on any atom is -0.360 e. The molecule has 0 radical (unpaired) electrons. The summed E-state index contributed by atoms with van der Waals surface area (Å²) in [6.07, 6.45) is 4.93. The number of halogens is 1. The van der Waals surface area contributed by atoms with E-state index in [0.717, 1.165) is 10.9 Å². The van der Waals surface area contributed by atoms with Crippen LogP contribution in [0.1, 0.15) is 0 Å². The number of aromatic nitrogens is 4. The van der Waals surface area contributed by atoms with Crippen LogP contribution in [0, 0.1) is 0 Å². The molecule has 0 amide bonds. The molecular weight excluding hydrogens is 288 g/mol. The van der Waals surface area contributed by atoms with Gasteiger partial charge in [-0.1, -0.05) is 11.6 Å². The van der Waals surface area contributed by atoms with Crippen molar-refractivity contribution in [2.75, 3.05) is 0 Å². The number of H-pyrrole nitrogens is 1. The van der Waals surface area contributed by atoms with E-state index in [1.807, 2.05) is 6.07 Å². The maximum absolute atomic E-state index is 12.5. The molecule has 1 aromatic carbocycles. The lowest BCUT2D eigenvalue weighted by Gasteiger charge is -2.02. The first-order valence-corrected chi connectivity index (χ1v) is 6.72. The molecule has 0 saturated carbocycles. The minimum absolute atomic E-state index is 0.172. The van der Waals surface area contributed by atoms with E-state index in [-0.39, 0.29) is 5.56 Å². The van der Waals surface area contributed by atoms with Crippen LogP contribution in [0.2, 0.25) is 5.02 Å². The SMILES string of the molecule is O=c1c2c[nH]c3ccc(Cl)cc3c-2nn1-c1ccncc1. The van der Waals surface area contributed by atoms with Gasteiger partial charge in [0.05, 0.1) is 11.3 Å². The molecule has 1 N–H and O–H groups in total. The average Bonchev–Trinajstić information content (AvgIpc) is 2.86. The van der Waals surface area contributed by atoms with E-state index in [1.165, 1.54) is 4.68 Å². The van der Waals surface area contributed by atoms with E-state index >= 15 is 0 Å². The number of nitrogens with zero attached hydrogens (tertiary/aromatic N) is 3. The number of nitrogens with one attached hydrogen (secondary N) is 1. The molecular formula is C15H9ClN4O. The van der Waals surface area contributed by atoms with Crippen molar-refractivity contribution in [3.63, 3.8) is 0 Å². The Kier molecular flexibility index (Phi) is 2.55. The number of hydrogen-bond donors (Lipinski definition) is 1. The van der Waals surface area contributed by atoms with Crippen LogP contribution >= 0.6 is 11.6 Å². The van der Waals surface area contributed by atoms with Crippen LogP contribution < -0.4 is 5.56 Å². The Morgan fingerprint density at radius 1 is 1.14 bits per heavy atom. The molecule has 0 aliphatic carbocycles. The summed E-state index contributed by atoms with van der Waals surface area (Å²) in [7, 11) is 0. The van der Waals surface area contributed by atoms with Crippen molar-refractivity contribution in [3.05, 3.63) is 64.3 Å². The zero-order chi connectivity index (χ0) is 14.4. The summed E-state index contributed by atoms with van der Waals surface area (Å²) in [6.45, 7) is 0. The first-order valence-electron chi connectivity index (χ1n) is 6.34. The van der Waals surface area contributed by atoms with Gasteiger partial charge >= 0.3 is 0 Å². The average molecular weight is 297 g/mol. The summed E-state index contributed by atoms with van der Waals surface area (Å²) in [4.78, 5) is 19.5. The van der Waals surface area contributed by atoms with Crippen molar-refractivity contribution >= 4 is 22.5 Å². The Morgan fingerprint density at radius 2 is 1.95 bits per heavy atom. The number of rotatable bonds is 1. The molecule has 0 saturated heterocycles. The van der Waals surface area contributed by atoms with E-state index in [9.17, 15) is 4.79 Å². The smallest absolute Gasteiger partial charge is 0.282 e. The summed E-state index contributed by atoms with van der Waals surface area (Å²) in [5.41, 5.74) is 2.55. The molecule has 0 spiro atoms. The van der Waals surface area contributed by atoms with Gasteiger partial charge in [-0.3, -0.25) is 9.78 Å². The number of fused-ring (bicyclic) bond motifs is 3. The van der Waals surface area contributed by atoms with E-state index < -0.39 is 0 Å². The monoisotopic (exact) mass is 296 g/mol. The van der Waals surface area contributed by atoms with Crippen LogP contribution in [0.25, 0.3) is 27.8 Å². The topological polar surface area (TPSA) is 63.6 Å². The zero-order valence-corrected chi connectivity index (χ0v) is 11.5. The van der Waals surface area contributed by atoms with Crippen LogP contribution in [-0.4, -0.2) is 19.7 Å². The predicted molar refractivity (Wildman–Crippen MR) is 81.1 cm³/mol. The van der Waals surface area contributed by atoms with Gasteiger partial charge in [0.15, 0.2) is 0 Å². The van der Waals surface area contributed by atoms with E-state index in [4.69, 9.17) is 11.6 Å². The highest BCUT2D eigenvalue weighted by atomic mass is 35.5. The van der Waals surface area contributed by atoms with Crippen molar-refractivity contribution in [1.82, 2.24) is 19.7 Å². The zero-order valence-electron chi connectivity index (χ0n) is 10.7. The first kappa shape index (κ1) is 12.1. The molecule has 0 atom stereocenters. The van der Waals surface area contributed by atoms with Gasteiger partial charge in [0.25, 0.3) is 5.56 Å². The third-order valence-corrected chi connectivity index (χ3v) is 3.63. The Morgan fingerprint density at radius 3 is 2.76 bits per heavy atom. The summed E-state index contributed by atoms with van der Waals surface area (Å²) in [5.74, 6) is 0. The summed E-state index contributed by atoms with van der Waals surface area (Å²) >= 11 is 6.05. The first-order chi connectivity index (χ1) is 10.2. The molecule has 5 nitrogen and oxygen atoms in total. The highest BCUT2D eigenvalue weighted by molar-refractivity contribution is 6.31. The van der Waals surface area contributed by atoms with E-state index in [0.29, 0.717) is 22.0 Å². The minimum atomic E-state index is -0.172. The quantitative estimate of drug-likeness (QED) is 0.587. The fraction of sp³-hybridized carbons (Fsp3) is 0. The van der Waals surface area contributed by atoms with Crippen molar-refractivity contribution in [2.24, 2.45) is 0 Å². The maximum Gasteiger partial charge on any atom is 0.282 e. The van der Waals surface area contributed by atoms with Crippen molar-refractivity contribution < 1.29 is 0 Å². The molecule has 1 aromatic heterocycles. The number of pyridine rings is 2. The molecule has 102 valence electrons. The Labute approximate surface area is 124 Å². The predicted octanol–water partition coefficient (Wildman–Crippen LogP) is 2.87. The Balaban J connectivity index is 2.10. The maximum atomic E-state index is 12.5. The van der Waals surface area contributed by atoms with Crippen LogP contribution in [0.5, 0.6) is 0 Å².